The lowest BCUT2D eigenvalue weighted by Gasteiger charge is -2.14. The van der Waals surface area contributed by atoms with Crippen LogP contribution in [-0.2, 0) is 16.0 Å². The highest BCUT2D eigenvalue weighted by atomic mass is 16.4. The van der Waals surface area contributed by atoms with Crippen LogP contribution >= 0.6 is 0 Å². The van der Waals surface area contributed by atoms with Crippen LogP contribution < -0.4 is 10.4 Å². The number of carboxylic acid groups (broad SMARTS) is 1. The third-order valence-corrected chi connectivity index (χ3v) is 2.90. The minimum atomic E-state index is -1.11. The molecule has 0 bridgehead atoms. The van der Waals surface area contributed by atoms with Crippen LogP contribution in [0.15, 0.2) is 30.3 Å². The normalized spacial score (nSPS) is 11.8. The average molecular weight is 262 g/mol. The molecule has 0 aliphatic heterocycles. The largest absolute Gasteiger partial charge is 0.550 e. The Balaban J connectivity index is 2.18. The van der Waals surface area contributed by atoms with Crippen LogP contribution in [0.3, 0.4) is 0 Å². The van der Waals surface area contributed by atoms with Crippen molar-refractivity contribution < 1.29 is 14.7 Å². The molecule has 19 heavy (non-hydrogen) atoms. The van der Waals surface area contributed by atoms with Crippen molar-refractivity contribution in [3.05, 3.63) is 35.9 Å². The first-order valence-electron chi connectivity index (χ1n) is 6.61. The van der Waals surface area contributed by atoms with Crippen LogP contribution in [0.1, 0.15) is 38.2 Å². The Morgan fingerprint density at radius 3 is 2.53 bits per heavy atom. The van der Waals surface area contributed by atoms with Gasteiger partial charge >= 0.3 is 0 Å². The molecule has 4 heteroatoms. The lowest BCUT2D eigenvalue weighted by atomic mass is 10.1. The van der Waals surface area contributed by atoms with Crippen LogP contribution in [0.2, 0.25) is 0 Å². The molecule has 0 aromatic heterocycles. The summed E-state index contributed by atoms with van der Waals surface area (Å²) in [5, 5.41) is 13.1. The highest BCUT2D eigenvalue weighted by molar-refractivity contribution is 5.76. The summed E-state index contributed by atoms with van der Waals surface area (Å²) in [4.78, 5) is 21.7. The van der Waals surface area contributed by atoms with Gasteiger partial charge in [-0.25, -0.2) is 0 Å². The summed E-state index contributed by atoms with van der Waals surface area (Å²) < 4.78 is 0. The SMILES string of the molecule is C[C@H](CCc1ccccc1)NC(=O)CCCC(=O)[O-]. The van der Waals surface area contributed by atoms with E-state index >= 15 is 0 Å². The summed E-state index contributed by atoms with van der Waals surface area (Å²) >= 11 is 0. The number of benzene rings is 1. The Bertz CT molecular complexity index is 403. The number of aryl methyl sites for hydroxylation is 1. The molecular formula is C15H20NO3-. The predicted octanol–water partition coefficient (Wildman–Crippen LogP) is 1.04. The molecule has 0 unspecified atom stereocenters. The van der Waals surface area contributed by atoms with Crippen LogP contribution in [0, 0.1) is 0 Å². The van der Waals surface area contributed by atoms with Crippen LogP contribution in [0.25, 0.3) is 0 Å². The minimum Gasteiger partial charge on any atom is -0.550 e. The van der Waals surface area contributed by atoms with Gasteiger partial charge in [-0.05, 0) is 38.2 Å². The molecule has 0 heterocycles. The van der Waals surface area contributed by atoms with E-state index in [0.717, 1.165) is 12.8 Å². The molecule has 0 fully saturated rings. The lowest BCUT2D eigenvalue weighted by molar-refractivity contribution is -0.305. The number of carbonyl (C=O) groups is 2. The second-order valence-electron chi connectivity index (χ2n) is 4.72. The van der Waals surface area contributed by atoms with Gasteiger partial charge in [-0.15, -0.1) is 0 Å². The number of rotatable bonds is 8. The molecule has 0 aliphatic rings. The van der Waals surface area contributed by atoms with Gasteiger partial charge in [-0.3, -0.25) is 4.79 Å². The maximum atomic E-state index is 11.5. The molecule has 4 nitrogen and oxygen atoms in total. The molecule has 0 radical (unpaired) electrons. The van der Waals surface area contributed by atoms with Gasteiger partial charge in [0.2, 0.25) is 5.91 Å². The predicted molar refractivity (Wildman–Crippen MR) is 71.2 cm³/mol. The Hall–Kier alpha value is -1.84. The van der Waals surface area contributed by atoms with Crippen molar-refractivity contribution in [1.82, 2.24) is 5.32 Å². The summed E-state index contributed by atoms with van der Waals surface area (Å²) in [5.74, 6) is -1.20. The van der Waals surface area contributed by atoms with Gasteiger partial charge in [-0.1, -0.05) is 30.3 Å². The zero-order valence-electron chi connectivity index (χ0n) is 11.2. The molecule has 1 aromatic carbocycles. The van der Waals surface area contributed by atoms with Gasteiger partial charge in [0.1, 0.15) is 0 Å². The van der Waals surface area contributed by atoms with Crippen molar-refractivity contribution in [3.8, 4) is 0 Å². The van der Waals surface area contributed by atoms with Crippen molar-refractivity contribution in [3.63, 3.8) is 0 Å². The van der Waals surface area contributed by atoms with Gasteiger partial charge in [-0.2, -0.15) is 0 Å². The first-order chi connectivity index (χ1) is 9.08. The summed E-state index contributed by atoms with van der Waals surface area (Å²) in [7, 11) is 0. The van der Waals surface area contributed by atoms with Gasteiger partial charge in [0, 0.05) is 18.4 Å². The minimum absolute atomic E-state index is 0.0637. The monoisotopic (exact) mass is 262 g/mol. The standard InChI is InChI=1S/C15H21NO3/c1-12(10-11-13-6-3-2-4-7-13)16-14(17)8-5-9-15(18)19/h2-4,6-7,12H,5,8-11H2,1H3,(H,16,17)(H,18,19)/p-1/t12-/m1/s1. The molecule has 1 amide bonds. The lowest BCUT2D eigenvalue weighted by Crippen LogP contribution is -2.33. The van der Waals surface area contributed by atoms with Crippen molar-refractivity contribution >= 4 is 11.9 Å². The topological polar surface area (TPSA) is 69.2 Å². The first kappa shape index (κ1) is 15.2. The van der Waals surface area contributed by atoms with Crippen LogP contribution in [-0.4, -0.2) is 17.9 Å². The van der Waals surface area contributed by atoms with E-state index in [1.54, 1.807) is 0 Å². The van der Waals surface area contributed by atoms with Crippen molar-refractivity contribution in [2.24, 2.45) is 0 Å². The fourth-order valence-corrected chi connectivity index (χ4v) is 1.84. The first-order valence-corrected chi connectivity index (χ1v) is 6.61. The number of amides is 1. The Kier molecular flexibility index (Phi) is 6.64. The summed E-state index contributed by atoms with van der Waals surface area (Å²) in [6.07, 6.45) is 2.30. The summed E-state index contributed by atoms with van der Waals surface area (Å²) in [6, 6.07) is 10.2. The van der Waals surface area contributed by atoms with E-state index in [1.807, 2.05) is 25.1 Å². The molecule has 1 rings (SSSR count). The van der Waals surface area contributed by atoms with Crippen molar-refractivity contribution in [2.45, 2.75) is 45.1 Å². The fraction of sp³-hybridized carbons (Fsp3) is 0.467. The molecular weight excluding hydrogens is 242 g/mol. The Morgan fingerprint density at radius 2 is 1.89 bits per heavy atom. The fourth-order valence-electron chi connectivity index (χ4n) is 1.84. The second kappa shape index (κ2) is 8.29. The number of hydrogen-bond donors (Lipinski definition) is 1. The second-order valence-corrected chi connectivity index (χ2v) is 4.72. The maximum Gasteiger partial charge on any atom is 0.220 e. The molecule has 0 spiro atoms. The van der Waals surface area contributed by atoms with Crippen LogP contribution in [0.5, 0.6) is 0 Å². The number of aliphatic carboxylic acids is 1. The quantitative estimate of drug-likeness (QED) is 0.761. The number of carbonyl (C=O) groups excluding carboxylic acids is 2. The molecule has 1 aromatic rings. The van der Waals surface area contributed by atoms with E-state index in [2.05, 4.69) is 17.4 Å². The van der Waals surface area contributed by atoms with Gasteiger partial charge < -0.3 is 15.2 Å². The van der Waals surface area contributed by atoms with E-state index in [-0.39, 0.29) is 24.8 Å². The molecule has 104 valence electrons. The molecule has 0 saturated carbocycles. The zero-order valence-corrected chi connectivity index (χ0v) is 11.2. The van der Waals surface area contributed by atoms with E-state index in [1.165, 1.54) is 5.56 Å². The van der Waals surface area contributed by atoms with Gasteiger partial charge in [0.05, 0.1) is 0 Å². The third kappa shape index (κ3) is 7.24. The van der Waals surface area contributed by atoms with E-state index in [0.29, 0.717) is 6.42 Å². The zero-order chi connectivity index (χ0) is 14.1. The Morgan fingerprint density at radius 1 is 1.21 bits per heavy atom. The number of hydrogen-bond acceptors (Lipinski definition) is 3. The van der Waals surface area contributed by atoms with Gasteiger partial charge in [0.15, 0.2) is 0 Å². The van der Waals surface area contributed by atoms with Crippen LogP contribution in [0.4, 0.5) is 0 Å². The summed E-state index contributed by atoms with van der Waals surface area (Å²) in [6.45, 7) is 1.96. The van der Waals surface area contributed by atoms with Gasteiger partial charge in [0.25, 0.3) is 0 Å². The summed E-state index contributed by atoms with van der Waals surface area (Å²) in [5.41, 5.74) is 1.25. The number of carboxylic acids is 1. The highest BCUT2D eigenvalue weighted by Crippen LogP contribution is 2.05. The van der Waals surface area contributed by atoms with E-state index in [4.69, 9.17) is 0 Å². The highest BCUT2D eigenvalue weighted by Gasteiger charge is 2.07. The molecule has 0 aliphatic carbocycles. The molecule has 1 atom stereocenters. The van der Waals surface area contributed by atoms with Crippen molar-refractivity contribution in [2.75, 3.05) is 0 Å². The Labute approximate surface area is 113 Å². The maximum absolute atomic E-state index is 11.5. The molecule has 1 N–H and O–H groups in total. The van der Waals surface area contributed by atoms with E-state index in [9.17, 15) is 14.7 Å². The smallest absolute Gasteiger partial charge is 0.220 e. The number of nitrogens with one attached hydrogen (secondary N) is 1. The average Bonchev–Trinajstić information content (AvgIpc) is 2.37. The third-order valence-electron chi connectivity index (χ3n) is 2.90. The molecule has 0 saturated heterocycles. The van der Waals surface area contributed by atoms with Crippen molar-refractivity contribution in [1.29, 1.82) is 0 Å². The van der Waals surface area contributed by atoms with E-state index < -0.39 is 5.97 Å².